The van der Waals surface area contributed by atoms with E-state index in [1.165, 1.54) is 0 Å². The van der Waals surface area contributed by atoms with Crippen LogP contribution >= 0.6 is 0 Å². The first kappa shape index (κ1) is 12.5. The van der Waals surface area contributed by atoms with Gasteiger partial charge in [0.25, 0.3) is 0 Å². The predicted molar refractivity (Wildman–Crippen MR) is 71.5 cm³/mol. The van der Waals surface area contributed by atoms with Gasteiger partial charge in [-0.25, -0.2) is 0 Å². The number of hydrogen-bond acceptors (Lipinski definition) is 3. The third kappa shape index (κ3) is 2.18. The van der Waals surface area contributed by atoms with Gasteiger partial charge in [-0.15, -0.1) is 0 Å². The number of pyridine rings is 1. The highest BCUT2D eigenvalue weighted by Gasteiger charge is 2.10. The molecule has 96 valence electrons. The van der Waals surface area contributed by atoms with Gasteiger partial charge in [0.15, 0.2) is 5.43 Å². The second-order valence-electron chi connectivity index (χ2n) is 4.73. The molecule has 0 saturated heterocycles. The van der Waals surface area contributed by atoms with Crippen LogP contribution in [0.4, 0.5) is 0 Å². The number of aromatic nitrogens is 1. The molecule has 0 spiro atoms. The van der Waals surface area contributed by atoms with Crippen molar-refractivity contribution in [3.63, 3.8) is 0 Å². The van der Waals surface area contributed by atoms with Crippen LogP contribution in [0.25, 0.3) is 5.52 Å². The van der Waals surface area contributed by atoms with Crippen molar-refractivity contribution in [1.29, 1.82) is 0 Å². The van der Waals surface area contributed by atoms with Crippen LogP contribution in [-0.2, 0) is 6.54 Å². The molecule has 0 atom stereocenters. The number of nitrogens with zero attached hydrogens (tertiary/aromatic N) is 1. The lowest BCUT2D eigenvalue weighted by molar-refractivity contribution is 0.366. The Kier molecular flexibility index (Phi) is 3.28. The van der Waals surface area contributed by atoms with Crippen molar-refractivity contribution in [3.05, 3.63) is 52.2 Å². The van der Waals surface area contributed by atoms with Crippen molar-refractivity contribution in [2.45, 2.75) is 27.3 Å². The molecule has 0 aromatic carbocycles. The minimum Gasteiger partial charge on any atom is -0.384 e. The minimum atomic E-state index is 0.0259. The molecular formula is C14H18N2O2. The van der Waals surface area contributed by atoms with Crippen molar-refractivity contribution in [3.8, 4) is 0 Å². The third-order valence-electron chi connectivity index (χ3n) is 3.15. The minimum absolute atomic E-state index is 0.0259. The molecule has 2 aromatic heterocycles. The van der Waals surface area contributed by atoms with Gasteiger partial charge in [-0.3, -0.25) is 4.79 Å². The van der Waals surface area contributed by atoms with Crippen LogP contribution in [0, 0.1) is 12.8 Å². The average molecular weight is 246 g/mol. The molecule has 2 heterocycles. The Bertz CT molecular complexity index is 635. The predicted octanol–water partition coefficient (Wildman–Crippen LogP) is 2.46. The maximum atomic E-state index is 12.0. The van der Waals surface area contributed by atoms with Gasteiger partial charge in [-0.05, 0) is 12.8 Å². The summed E-state index contributed by atoms with van der Waals surface area (Å²) in [6.07, 6.45) is 1.58. The van der Waals surface area contributed by atoms with Crippen LogP contribution in [0.2, 0.25) is 0 Å². The number of hydrogen-bond donors (Lipinski definition) is 1. The third-order valence-corrected chi connectivity index (χ3v) is 3.15. The van der Waals surface area contributed by atoms with E-state index in [2.05, 4.69) is 25.7 Å². The lowest BCUT2D eigenvalue weighted by atomic mass is 10.1. The average Bonchev–Trinajstić information content (AvgIpc) is 2.76. The maximum absolute atomic E-state index is 12.0. The highest BCUT2D eigenvalue weighted by Crippen LogP contribution is 2.10. The van der Waals surface area contributed by atoms with E-state index in [4.69, 9.17) is 4.52 Å². The molecule has 0 amide bonds. The number of rotatable bonds is 4. The number of fused-ring (bicyclic) bond motifs is 1. The van der Waals surface area contributed by atoms with Gasteiger partial charge >= 0.3 is 0 Å². The monoisotopic (exact) mass is 246 g/mol. The smallest absolute Gasteiger partial charge is 0.187 e. The van der Waals surface area contributed by atoms with E-state index in [-0.39, 0.29) is 5.43 Å². The normalized spacial score (nSPS) is 11.1. The summed E-state index contributed by atoms with van der Waals surface area (Å²) < 4.78 is 6.99. The van der Waals surface area contributed by atoms with Crippen LogP contribution in [0.15, 0.2) is 40.0 Å². The number of aryl methyl sites for hydroxylation is 1. The molecule has 4 nitrogen and oxygen atoms in total. The molecule has 0 saturated carbocycles. The highest BCUT2D eigenvalue weighted by molar-refractivity contribution is 5.47. The molecule has 2 rings (SSSR count). The van der Waals surface area contributed by atoms with Crippen molar-refractivity contribution in [1.82, 2.24) is 9.89 Å². The Morgan fingerprint density at radius 2 is 2.28 bits per heavy atom. The highest BCUT2D eigenvalue weighted by atomic mass is 16.5. The zero-order valence-corrected chi connectivity index (χ0v) is 11.0. The first-order chi connectivity index (χ1) is 8.50. The van der Waals surface area contributed by atoms with Crippen LogP contribution in [-0.4, -0.2) is 4.57 Å². The van der Waals surface area contributed by atoms with Gasteiger partial charge in [-0.2, -0.15) is 4.57 Å². The van der Waals surface area contributed by atoms with Crippen LogP contribution in [0.5, 0.6) is 0 Å². The summed E-state index contributed by atoms with van der Waals surface area (Å²) in [6, 6.07) is 3.37. The molecule has 4 heteroatoms. The molecule has 0 aliphatic heterocycles. The fraction of sp³-hybridized carbons (Fsp3) is 0.357. The van der Waals surface area contributed by atoms with Gasteiger partial charge in [-0.1, -0.05) is 20.4 Å². The summed E-state index contributed by atoms with van der Waals surface area (Å²) in [5, 5.41) is 3.19. The summed E-state index contributed by atoms with van der Waals surface area (Å²) in [4.78, 5) is 12.0. The Morgan fingerprint density at radius 3 is 2.94 bits per heavy atom. The molecule has 0 fully saturated rings. The Hall–Kier alpha value is -1.97. The SMILES string of the molecule is C=C(NCc1c(C)n2occc2cc1=O)C(C)C. The fourth-order valence-electron chi connectivity index (χ4n) is 1.81. The van der Waals surface area contributed by atoms with E-state index in [0.29, 0.717) is 18.0 Å². The van der Waals surface area contributed by atoms with E-state index in [1.54, 1.807) is 23.0 Å². The summed E-state index contributed by atoms with van der Waals surface area (Å²) in [6.45, 7) is 10.4. The quantitative estimate of drug-likeness (QED) is 0.901. The van der Waals surface area contributed by atoms with Gasteiger partial charge in [0, 0.05) is 29.9 Å². The van der Waals surface area contributed by atoms with E-state index in [1.807, 2.05) is 6.92 Å². The largest absolute Gasteiger partial charge is 0.384 e. The zero-order chi connectivity index (χ0) is 13.3. The van der Waals surface area contributed by atoms with Gasteiger partial charge in [0.2, 0.25) is 0 Å². The molecule has 0 aliphatic rings. The summed E-state index contributed by atoms with van der Waals surface area (Å²) in [5.74, 6) is 0.348. The van der Waals surface area contributed by atoms with Gasteiger partial charge < -0.3 is 9.84 Å². The first-order valence-electron chi connectivity index (χ1n) is 6.02. The molecule has 2 aromatic rings. The van der Waals surface area contributed by atoms with Crippen LogP contribution in [0.1, 0.15) is 25.1 Å². The standard InChI is InChI=1S/C14H18N2O2/c1-9(2)10(3)15-8-13-11(4)16-12(5-6-18-16)7-14(13)17/h5-7,9,15H,3,8H2,1-2,4H3. The molecule has 18 heavy (non-hydrogen) atoms. The van der Waals surface area contributed by atoms with E-state index < -0.39 is 0 Å². The summed E-state index contributed by atoms with van der Waals surface area (Å²) in [5.41, 5.74) is 3.27. The molecule has 0 aliphatic carbocycles. The second kappa shape index (κ2) is 4.72. The van der Waals surface area contributed by atoms with Gasteiger partial charge in [0.1, 0.15) is 6.26 Å². The lowest BCUT2D eigenvalue weighted by Gasteiger charge is -2.13. The molecule has 0 bridgehead atoms. The van der Waals surface area contributed by atoms with E-state index in [0.717, 1.165) is 16.9 Å². The summed E-state index contributed by atoms with van der Waals surface area (Å²) in [7, 11) is 0. The summed E-state index contributed by atoms with van der Waals surface area (Å²) >= 11 is 0. The Morgan fingerprint density at radius 1 is 1.56 bits per heavy atom. The van der Waals surface area contributed by atoms with E-state index in [9.17, 15) is 4.79 Å². The van der Waals surface area contributed by atoms with Crippen LogP contribution in [0.3, 0.4) is 0 Å². The molecule has 1 N–H and O–H groups in total. The Balaban J connectivity index is 2.33. The van der Waals surface area contributed by atoms with Gasteiger partial charge in [0.05, 0.1) is 11.2 Å². The van der Waals surface area contributed by atoms with Crippen molar-refractivity contribution in [2.24, 2.45) is 5.92 Å². The number of allylic oxidation sites excluding steroid dienone is 1. The van der Waals surface area contributed by atoms with Crippen LogP contribution < -0.4 is 10.7 Å². The lowest BCUT2D eigenvalue weighted by Crippen LogP contribution is -2.23. The maximum Gasteiger partial charge on any atom is 0.187 e. The zero-order valence-electron chi connectivity index (χ0n) is 11.0. The van der Waals surface area contributed by atoms with Crippen molar-refractivity contribution < 1.29 is 4.52 Å². The van der Waals surface area contributed by atoms with E-state index >= 15 is 0 Å². The Labute approximate surface area is 106 Å². The van der Waals surface area contributed by atoms with Crippen molar-refractivity contribution in [2.75, 3.05) is 0 Å². The fourth-order valence-corrected chi connectivity index (χ4v) is 1.81. The second-order valence-corrected chi connectivity index (χ2v) is 4.73. The topological polar surface area (TPSA) is 46.6 Å². The molecule has 0 unspecified atom stereocenters. The molecule has 0 radical (unpaired) electrons. The van der Waals surface area contributed by atoms with Crippen molar-refractivity contribution >= 4 is 5.52 Å². The molecular weight excluding hydrogens is 228 g/mol. The first-order valence-corrected chi connectivity index (χ1v) is 6.02. The number of nitrogens with one attached hydrogen (secondary N) is 1.